The first-order chi connectivity index (χ1) is 12.5. The Bertz CT molecular complexity index is 763. The van der Waals surface area contributed by atoms with Gasteiger partial charge in [-0.15, -0.1) is 0 Å². The van der Waals surface area contributed by atoms with E-state index in [-0.39, 0.29) is 11.6 Å². The van der Waals surface area contributed by atoms with Crippen LogP contribution in [0.3, 0.4) is 0 Å². The van der Waals surface area contributed by atoms with Crippen molar-refractivity contribution in [2.45, 2.75) is 31.8 Å². The molecule has 4 nitrogen and oxygen atoms in total. The van der Waals surface area contributed by atoms with Crippen LogP contribution in [-0.2, 0) is 11.3 Å². The molecule has 1 aliphatic rings. The molecule has 0 saturated heterocycles. The van der Waals surface area contributed by atoms with E-state index in [4.69, 9.17) is 16.3 Å². The maximum atomic E-state index is 13.8. The number of rotatable bonds is 8. The van der Waals surface area contributed by atoms with Crippen LogP contribution in [0.5, 0.6) is 5.75 Å². The van der Waals surface area contributed by atoms with Crippen molar-refractivity contribution in [3.05, 3.63) is 58.9 Å². The first kappa shape index (κ1) is 18.7. The number of hydrogen-bond acceptors (Lipinski definition) is 3. The van der Waals surface area contributed by atoms with Crippen molar-refractivity contribution in [2.75, 3.05) is 19.0 Å². The van der Waals surface area contributed by atoms with Crippen LogP contribution < -0.4 is 10.1 Å². The number of hydrogen-bond donors (Lipinski definition) is 1. The molecule has 0 bridgehead atoms. The molecule has 0 aromatic heterocycles. The Morgan fingerprint density at radius 2 is 2.00 bits per heavy atom. The first-order valence-corrected chi connectivity index (χ1v) is 9.05. The summed E-state index contributed by atoms with van der Waals surface area (Å²) in [6.07, 6.45) is 2.63. The van der Waals surface area contributed by atoms with E-state index in [1.807, 2.05) is 24.3 Å². The highest BCUT2D eigenvalue weighted by atomic mass is 35.5. The third kappa shape index (κ3) is 5.19. The summed E-state index contributed by atoms with van der Waals surface area (Å²) >= 11 is 5.73. The van der Waals surface area contributed by atoms with Gasteiger partial charge in [-0.1, -0.05) is 23.7 Å². The molecular weight excluding hydrogens is 355 g/mol. The average Bonchev–Trinajstić information content (AvgIpc) is 3.46. The minimum atomic E-state index is -0.525. The molecule has 1 fully saturated rings. The van der Waals surface area contributed by atoms with Gasteiger partial charge < -0.3 is 10.1 Å². The zero-order valence-electron chi connectivity index (χ0n) is 14.7. The van der Waals surface area contributed by atoms with Crippen LogP contribution in [0.15, 0.2) is 42.5 Å². The van der Waals surface area contributed by atoms with Crippen molar-refractivity contribution in [1.82, 2.24) is 4.90 Å². The molecule has 1 saturated carbocycles. The molecule has 0 aliphatic heterocycles. The van der Waals surface area contributed by atoms with Gasteiger partial charge in [-0.25, -0.2) is 4.39 Å². The van der Waals surface area contributed by atoms with Crippen molar-refractivity contribution >= 4 is 23.2 Å². The molecule has 0 atom stereocenters. The largest absolute Gasteiger partial charge is 0.497 e. The monoisotopic (exact) mass is 376 g/mol. The lowest BCUT2D eigenvalue weighted by Crippen LogP contribution is -2.29. The summed E-state index contributed by atoms with van der Waals surface area (Å²) in [6.45, 7) is 1.43. The number of amides is 1. The maximum Gasteiger partial charge on any atom is 0.225 e. The fourth-order valence-corrected chi connectivity index (χ4v) is 3.00. The molecule has 0 heterocycles. The van der Waals surface area contributed by atoms with Gasteiger partial charge in [0, 0.05) is 30.6 Å². The van der Waals surface area contributed by atoms with Gasteiger partial charge in [0.15, 0.2) is 0 Å². The highest BCUT2D eigenvalue weighted by Crippen LogP contribution is 2.29. The molecule has 0 radical (unpaired) electrons. The number of methoxy groups -OCH3 is 1. The molecule has 138 valence electrons. The summed E-state index contributed by atoms with van der Waals surface area (Å²) in [4.78, 5) is 14.5. The SMILES string of the molecule is COc1ccc(CN(CCC(=O)Nc2ccc(Cl)cc2F)C2CC2)cc1. The smallest absolute Gasteiger partial charge is 0.225 e. The zero-order valence-corrected chi connectivity index (χ0v) is 15.4. The Morgan fingerprint density at radius 3 is 2.62 bits per heavy atom. The Labute approximate surface area is 157 Å². The maximum absolute atomic E-state index is 13.8. The lowest BCUT2D eigenvalue weighted by molar-refractivity contribution is -0.116. The van der Waals surface area contributed by atoms with Crippen LogP contribution >= 0.6 is 11.6 Å². The van der Waals surface area contributed by atoms with Gasteiger partial charge in [0.25, 0.3) is 0 Å². The molecule has 0 unspecified atom stereocenters. The van der Waals surface area contributed by atoms with Gasteiger partial charge in [0.2, 0.25) is 5.91 Å². The number of carbonyl (C=O) groups excluding carboxylic acids is 1. The van der Waals surface area contributed by atoms with E-state index in [0.717, 1.165) is 25.1 Å². The number of ether oxygens (including phenoxy) is 1. The summed E-state index contributed by atoms with van der Waals surface area (Å²) in [6, 6.07) is 12.7. The standard InChI is InChI=1S/C20H22ClFN2O2/c1-26-17-7-2-14(3-8-17)13-24(16-5-6-16)11-10-20(25)23-19-9-4-15(21)12-18(19)22/h2-4,7-9,12,16H,5-6,10-11,13H2,1H3,(H,23,25). The molecule has 1 amide bonds. The van der Waals surface area contributed by atoms with Crippen LogP contribution in [0.4, 0.5) is 10.1 Å². The number of carbonyl (C=O) groups is 1. The third-order valence-electron chi connectivity index (χ3n) is 4.44. The highest BCUT2D eigenvalue weighted by molar-refractivity contribution is 6.30. The number of benzene rings is 2. The van der Waals surface area contributed by atoms with Crippen LogP contribution in [0.25, 0.3) is 0 Å². The van der Waals surface area contributed by atoms with Crippen LogP contribution in [-0.4, -0.2) is 30.5 Å². The van der Waals surface area contributed by atoms with Gasteiger partial charge in [0.05, 0.1) is 12.8 Å². The Hall–Kier alpha value is -2.11. The lowest BCUT2D eigenvalue weighted by atomic mass is 10.2. The summed E-state index contributed by atoms with van der Waals surface area (Å²) < 4.78 is 19.0. The van der Waals surface area contributed by atoms with Crippen molar-refractivity contribution in [2.24, 2.45) is 0 Å². The van der Waals surface area contributed by atoms with E-state index >= 15 is 0 Å². The summed E-state index contributed by atoms with van der Waals surface area (Å²) in [7, 11) is 1.65. The molecule has 2 aromatic rings. The summed E-state index contributed by atoms with van der Waals surface area (Å²) in [5.74, 6) is 0.103. The van der Waals surface area contributed by atoms with Gasteiger partial charge >= 0.3 is 0 Å². The predicted octanol–water partition coefficient (Wildman–Crippen LogP) is 4.48. The second kappa shape index (κ2) is 8.52. The molecule has 1 N–H and O–H groups in total. The van der Waals surface area contributed by atoms with Gasteiger partial charge in [-0.3, -0.25) is 9.69 Å². The molecule has 6 heteroatoms. The fourth-order valence-electron chi connectivity index (χ4n) is 2.84. The number of halogens is 2. The minimum absolute atomic E-state index is 0.160. The van der Waals surface area contributed by atoms with Gasteiger partial charge in [-0.2, -0.15) is 0 Å². The molecule has 1 aliphatic carbocycles. The number of nitrogens with zero attached hydrogens (tertiary/aromatic N) is 1. The molecule has 0 spiro atoms. The van der Waals surface area contributed by atoms with Gasteiger partial charge in [0.1, 0.15) is 11.6 Å². The Morgan fingerprint density at radius 1 is 1.27 bits per heavy atom. The van der Waals surface area contributed by atoms with E-state index < -0.39 is 5.82 Å². The van der Waals surface area contributed by atoms with Gasteiger partial charge in [-0.05, 0) is 48.7 Å². The van der Waals surface area contributed by atoms with Crippen molar-refractivity contribution in [3.63, 3.8) is 0 Å². The molecule has 3 rings (SSSR count). The van der Waals surface area contributed by atoms with Crippen LogP contribution in [0, 0.1) is 5.82 Å². The second-order valence-corrected chi connectivity index (χ2v) is 6.91. The van der Waals surface area contributed by atoms with E-state index in [1.54, 1.807) is 13.2 Å². The van der Waals surface area contributed by atoms with E-state index in [1.165, 1.54) is 17.7 Å². The molecule has 2 aromatic carbocycles. The van der Waals surface area contributed by atoms with E-state index in [0.29, 0.717) is 24.0 Å². The number of anilines is 1. The topological polar surface area (TPSA) is 41.6 Å². The highest BCUT2D eigenvalue weighted by Gasteiger charge is 2.29. The average molecular weight is 377 g/mol. The third-order valence-corrected chi connectivity index (χ3v) is 4.67. The quantitative estimate of drug-likeness (QED) is 0.738. The van der Waals surface area contributed by atoms with Crippen molar-refractivity contribution in [1.29, 1.82) is 0 Å². The minimum Gasteiger partial charge on any atom is -0.497 e. The summed E-state index contributed by atoms with van der Waals surface area (Å²) in [5.41, 5.74) is 1.34. The second-order valence-electron chi connectivity index (χ2n) is 6.47. The lowest BCUT2D eigenvalue weighted by Gasteiger charge is -2.22. The van der Waals surface area contributed by atoms with Crippen LogP contribution in [0.2, 0.25) is 5.02 Å². The predicted molar refractivity (Wildman–Crippen MR) is 101 cm³/mol. The van der Waals surface area contributed by atoms with E-state index in [9.17, 15) is 9.18 Å². The summed E-state index contributed by atoms with van der Waals surface area (Å²) in [5, 5.41) is 2.92. The van der Waals surface area contributed by atoms with Crippen molar-refractivity contribution < 1.29 is 13.9 Å². The van der Waals surface area contributed by atoms with Crippen molar-refractivity contribution in [3.8, 4) is 5.75 Å². The van der Waals surface area contributed by atoms with Crippen LogP contribution in [0.1, 0.15) is 24.8 Å². The number of nitrogens with one attached hydrogen (secondary N) is 1. The molecule has 26 heavy (non-hydrogen) atoms. The first-order valence-electron chi connectivity index (χ1n) is 8.67. The Balaban J connectivity index is 1.54. The molecular formula is C20H22ClFN2O2. The zero-order chi connectivity index (χ0) is 18.5. The Kier molecular flexibility index (Phi) is 6.12. The van der Waals surface area contributed by atoms with E-state index in [2.05, 4.69) is 10.2 Å². The normalized spacial score (nSPS) is 13.7. The fraction of sp³-hybridized carbons (Fsp3) is 0.350.